The van der Waals surface area contributed by atoms with Crippen LogP contribution in [0.1, 0.15) is 33.6 Å². The Kier molecular flexibility index (Phi) is 9.66. The molecule has 0 aliphatic rings. The number of carbonyl (C=O) groups is 2. The number of rotatable bonds is 10. The van der Waals surface area contributed by atoms with Gasteiger partial charge in [-0.2, -0.15) is 0 Å². The van der Waals surface area contributed by atoms with Crippen molar-refractivity contribution >= 4 is 11.7 Å². The number of amides is 1. The molecule has 0 aromatic carbocycles. The summed E-state index contributed by atoms with van der Waals surface area (Å²) in [5.74, 6) is -0.0887. The van der Waals surface area contributed by atoms with Gasteiger partial charge in [-0.15, -0.1) is 0 Å². The van der Waals surface area contributed by atoms with E-state index in [0.29, 0.717) is 26.1 Å². The Morgan fingerprint density at radius 2 is 1.94 bits per heavy atom. The van der Waals surface area contributed by atoms with Crippen molar-refractivity contribution in [2.45, 2.75) is 39.7 Å². The van der Waals surface area contributed by atoms with Crippen molar-refractivity contribution in [3.05, 3.63) is 0 Å². The van der Waals surface area contributed by atoms with E-state index in [-0.39, 0.29) is 11.7 Å². The molecule has 0 unspecified atom stereocenters. The van der Waals surface area contributed by atoms with E-state index in [1.807, 2.05) is 6.92 Å². The Bertz CT molecular complexity index is 232. The maximum atomic E-state index is 11.4. The van der Waals surface area contributed by atoms with Crippen LogP contribution >= 0.6 is 0 Å². The predicted octanol–water partition coefficient (Wildman–Crippen LogP) is 0.486. The Hall–Kier alpha value is -0.940. The molecule has 0 aliphatic carbocycles. The highest BCUT2D eigenvalue weighted by Crippen LogP contribution is 1.91. The van der Waals surface area contributed by atoms with Crippen molar-refractivity contribution < 1.29 is 14.3 Å². The summed E-state index contributed by atoms with van der Waals surface area (Å²) >= 11 is 0. The molecule has 5 nitrogen and oxygen atoms in total. The zero-order valence-corrected chi connectivity index (χ0v) is 11.0. The maximum Gasteiger partial charge on any atom is 0.222 e. The molecule has 0 radical (unpaired) electrons. The molecule has 0 heterocycles. The van der Waals surface area contributed by atoms with Crippen LogP contribution < -0.4 is 10.6 Å². The molecule has 0 spiro atoms. The summed E-state index contributed by atoms with van der Waals surface area (Å²) in [5.41, 5.74) is 0. The minimum absolute atomic E-state index is 0.0476. The first kappa shape index (κ1) is 16.1. The summed E-state index contributed by atoms with van der Waals surface area (Å²) in [5, 5.41) is 5.77. The molecule has 0 rings (SSSR count). The number of carbonyl (C=O) groups excluding carboxylic acids is 2. The number of Topliss-reactive ketones (excluding diaryl/α,β-unsaturated/α-hetero) is 1. The van der Waals surface area contributed by atoms with Crippen molar-refractivity contribution in [1.82, 2.24) is 10.6 Å². The molecule has 5 heteroatoms. The van der Waals surface area contributed by atoms with Crippen LogP contribution in [0.25, 0.3) is 0 Å². The second-order valence-corrected chi connectivity index (χ2v) is 3.82. The monoisotopic (exact) mass is 244 g/mol. The van der Waals surface area contributed by atoms with Crippen LogP contribution in [0, 0.1) is 0 Å². The number of likely N-dealkylation sites (N-methyl/N-ethyl adjacent to an activating group) is 1. The number of hydrogen-bond acceptors (Lipinski definition) is 4. The first-order chi connectivity index (χ1) is 8.11. The minimum atomic E-state index is -0.394. The van der Waals surface area contributed by atoms with Crippen LogP contribution in [0.5, 0.6) is 0 Å². The molecule has 100 valence electrons. The van der Waals surface area contributed by atoms with Crippen LogP contribution in [0.3, 0.4) is 0 Å². The Balaban J connectivity index is 3.49. The summed E-state index contributed by atoms with van der Waals surface area (Å²) in [6.07, 6.45) is 0.744. The number of hydrogen-bond donors (Lipinski definition) is 2. The van der Waals surface area contributed by atoms with Crippen LogP contribution in [0.15, 0.2) is 0 Å². The molecule has 2 N–H and O–H groups in total. The largest absolute Gasteiger partial charge is 0.380 e. The fraction of sp³-hybridized carbons (Fsp3) is 0.833. The van der Waals surface area contributed by atoms with Gasteiger partial charge in [0.05, 0.1) is 19.3 Å². The minimum Gasteiger partial charge on any atom is -0.380 e. The van der Waals surface area contributed by atoms with Crippen LogP contribution in [0.2, 0.25) is 0 Å². The Morgan fingerprint density at radius 1 is 1.24 bits per heavy atom. The highest BCUT2D eigenvalue weighted by Gasteiger charge is 2.12. The lowest BCUT2D eigenvalue weighted by atomic mass is 10.1. The van der Waals surface area contributed by atoms with Crippen LogP contribution in [-0.4, -0.2) is 44.0 Å². The van der Waals surface area contributed by atoms with E-state index in [1.54, 1.807) is 13.8 Å². The maximum absolute atomic E-state index is 11.4. The van der Waals surface area contributed by atoms with Gasteiger partial charge < -0.3 is 15.4 Å². The van der Waals surface area contributed by atoms with E-state index in [1.165, 1.54) is 0 Å². The third-order valence-electron chi connectivity index (χ3n) is 2.36. The molecule has 0 aromatic rings. The Morgan fingerprint density at radius 3 is 2.53 bits per heavy atom. The van der Waals surface area contributed by atoms with E-state index < -0.39 is 6.04 Å². The van der Waals surface area contributed by atoms with Gasteiger partial charge in [0.1, 0.15) is 0 Å². The van der Waals surface area contributed by atoms with Crippen molar-refractivity contribution in [1.29, 1.82) is 0 Å². The smallest absolute Gasteiger partial charge is 0.222 e. The first-order valence-electron chi connectivity index (χ1n) is 6.22. The zero-order valence-electron chi connectivity index (χ0n) is 11.0. The number of nitrogens with one attached hydrogen (secondary N) is 2. The summed E-state index contributed by atoms with van der Waals surface area (Å²) in [6.45, 7) is 8.22. The molecule has 0 fully saturated rings. The standard InChI is InChI=1S/C12H24N2O3/c1-4-11(15)10(3)14-12(16)6-8-17-9-7-13-5-2/h10,13H,4-9H2,1-3H3,(H,14,16)/t10-/m1/s1. The molecule has 0 saturated carbocycles. The fourth-order valence-corrected chi connectivity index (χ4v) is 1.29. The molecule has 0 aliphatic heterocycles. The highest BCUT2D eigenvalue weighted by atomic mass is 16.5. The van der Waals surface area contributed by atoms with Gasteiger partial charge in [0.15, 0.2) is 5.78 Å². The van der Waals surface area contributed by atoms with E-state index in [4.69, 9.17) is 4.74 Å². The summed E-state index contributed by atoms with van der Waals surface area (Å²) in [7, 11) is 0. The SMILES string of the molecule is CCNCCOCCC(=O)N[C@H](C)C(=O)CC. The molecular formula is C12H24N2O3. The zero-order chi connectivity index (χ0) is 13.1. The van der Waals surface area contributed by atoms with Crippen LogP contribution in [-0.2, 0) is 14.3 Å². The van der Waals surface area contributed by atoms with Gasteiger partial charge in [0.25, 0.3) is 0 Å². The van der Waals surface area contributed by atoms with Gasteiger partial charge in [0, 0.05) is 19.4 Å². The van der Waals surface area contributed by atoms with Gasteiger partial charge in [-0.05, 0) is 13.5 Å². The molecule has 0 bridgehead atoms. The lowest BCUT2D eigenvalue weighted by Gasteiger charge is -2.11. The number of ketones is 1. The highest BCUT2D eigenvalue weighted by molar-refractivity contribution is 5.88. The third kappa shape index (κ3) is 8.83. The molecular weight excluding hydrogens is 220 g/mol. The topological polar surface area (TPSA) is 67.4 Å². The predicted molar refractivity (Wildman–Crippen MR) is 66.9 cm³/mol. The van der Waals surface area contributed by atoms with Gasteiger partial charge in [-0.25, -0.2) is 0 Å². The molecule has 17 heavy (non-hydrogen) atoms. The molecule has 0 saturated heterocycles. The Labute approximate surface area is 103 Å². The summed E-state index contributed by atoms with van der Waals surface area (Å²) in [4.78, 5) is 22.6. The third-order valence-corrected chi connectivity index (χ3v) is 2.36. The van der Waals surface area contributed by atoms with Gasteiger partial charge in [0.2, 0.25) is 5.91 Å². The van der Waals surface area contributed by atoms with Crippen molar-refractivity contribution in [3.8, 4) is 0 Å². The molecule has 1 atom stereocenters. The second-order valence-electron chi connectivity index (χ2n) is 3.82. The lowest BCUT2D eigenvalue weighted by Crippen LogP contribution is -2.38. The van der Waals surface area contributed by atoms with Crippen molar-refractivity contribution in [2.24, 2.45) is 0 Å². The second kappa shape index (κ2) is 10.2. The molecule has 0 aromatic heterocycles. The lowest BCUT2D eigenvalue weighted by molar-refractivity contribution is -0.127. The normalized spacial score (nSPS) is 12.2. The average Bonchev–Trinajstić information content (AvgIpc) is 2.32. The van der Waals surface area contributed by atoms with E-state index >= 15 is 0 Å². The van der Waals surface area contributed by atoms with E-state index in [2.05, 4.69) is 10.6 Å². The molecule has 1 amide bonds. The van der Waals surface area contributed by atoms with Gasteiger partial charge >= 0.3 is 0 Å². The van der Waals surface area contributed by atoms with Crippen molar-refractivity contribution in [2.75, 3.05) is 26.3 Å². The van der Waals surface area contributed by atoms with Gasteiger partial charge in [-0.1, -0.05) is 13.8 Å². The first-order valence-corrected chi connectivity index (χ1v) is 6.22. The summed E-state index contributed by atoms with van der Waals surface area (Å²) < 4.78 is 5.27. The fourth-order valence-electron chi connectivity index (χ4n) is 1.29. The van der Waals surface area contributed by atoms with E-state index in [0.717, 1.165) is 13.1 Å². The van der Waals surface area contributed by atoms with E-state index in [9.17, 15) is 9.59 Å². The van der Waals surface area contributed by atoms with Crippen LogP contribution in [0.4, 0.5) is 0 Å². The quantitative estimate of drug-likeness (QED) is 0.549. The summed E-state index contributed by atoms with van der Waals surface area (Å²) in [6, 6.07) is -0.394. The number of ether oxygens (including phenoxy) is 1. The van der Waals surface area contributed by atoms with Crippen molar-refractivity contribution in [3.63, 3.8) is 0 Å². The van der Waals surface area contributed by atoms with Gasteiger partial charge in [-0.3, -0.25) is 9.59 Å². The average molecular weight is 244 g/mol.